The molecule has 0 aromatic heterocycles. The third-order valence-electron chi connectivity index (χ3n) is 1.68. The van der Waals surface area contributed by atoms with E-state index in [0.717, 1.165) is 0 Å². The molecule has 62 valence electrons. The van der Waals surface area contributed by atoms with Gasteiger partial charge in [-0.15, -0.1) is 0 Å². The molecule has 11 heavy (non-hydrogen) atoms. The molecule has 1 aliphatic rings. The van der Waals surface area contributed by atoms with E-state index in [9.17, 15) is 9.59 Å². The van der Waals surface area contributed by atoms with Crippen molar-refractivity contribution in [2.75, 3.05) is 0 Å². The quantitative estimate of drug-likeness (QED) is 0.464. The van der Waals surface area contributed by atoms with Crippen LogP contribution in [0.15, 0.2) is 0 Å². The van der Waals surface area contributed by atoms with E-state index >= 15 is 0 Å². The topological polar surface area (TPSA) is 92.4 Å². The van der Waals surface area contributed by atoms with Crippen molar-refractivity contribution in [3.8, 4) is 0 Å². The summed E-state index contributed by atoms with van der Waals surface area (Å²) < 4.78 is 0. The molecule has 2 atom stereocenters. The molecule has 0 spiro atoms. The number of carboxylic acids is 1. The molecule has 4 N–H and O–H groups in total. The van der Waals surface area contributed by atoms with Gasteiger partial charge in [0.1, 0.15) is 0 Å². The highest BCUT2D eigenvalue weighted by Gasteiger charge is 2.30. The van der Waals surface area contributed by atoms with Crippen LogP contribution in [0.5, 0.6) is 0 Å². The number of rotatable bonds is 2. The largest absolute Gasteiger partial charge is 0.481 e. The first-order valence-electron chi connectivity index (χ1n) is 3.36. The van der Waals surface area contributed by atoms with Gasteiger partial charge in [-0.05, 0) is 0 Å². The van der Waals surface area contributed by atoms with Crippen LogP contribution in [0.3, 0.4) is 0 Å². The van der Waals surface area contributed by atoms with Crippen LogP contribution >= 0.6 is 0 Å². The zero-order valence-corrected chi connectivity index (χ0v) is 5.91. The molecule has 1 amide bonds. The Morgan fingerprint density at radius 1 is 1.82 bits per heavy atom. The first-order valence-corrected chi connectivity index (χ1v) is 3.36. The third-order valence-corrected chi connectivity index (χ3v) is 1.68. The molecule has 0 radical (unpaired) electrons. The summed E-state index contributed by atoms with van der Waals surface area (Å²) >= 11 is 0. The molecule has 1 fully saturated rings. The van der Waals surface area contributed by atoms with E-state index in [-0.39, 0.29) is 30.8 Å². The number of aliphatic carboxylic acids is 1. The van der Waals surface area contributed by atoms with E-state index in [4.69, 9.17) is 10.8 Å². The normalized spacial score (nSPS) is 30.1. The molecule has 5 heteroatoms. The first-order chi connectivity index (χ1) is 5.09. The Bertz CT molecular complexity index is 192. The minimum atomic E-state index is -0.937. The van der Waals surface area contributed by atoms with Crippen molar-refractivity contribution in [3.05, 3.63) is 0 Å². The highest BCUT2D eigenvalue weighted by Crippen LogP contribution is 2.08. The van der Waals surface area contributed by atoms with Crippen molar-refractivity contribution in [2.45, 2.75) is 24.9 Å². The van der Waals surface area contributed by atoms with Crippen LogP contribution in [0.2, 0.25) is 0 Å². The molecule has 5 nitrogen and oxygen atoms in total. The number of hydrogen-bond donors (Lipinski definition) is 3. The van der Waals surface area contributed by atoms with Gasteiger partial charge >= 0.3 is 5.97 Å². The van der Waals surface area contributed by atoms with E-state index in [1.54, 1.807) is 0 Å². The van der Waals surface area contributed by atoms with Gasteiger partial charge in [-0.3, -0.25) is 9.59 Å². The second kappa shape index (κ2) is 2.87. The van der Waals surface area contributed by atoms with E-state index in [2.05, 4.69) is 5.32 Å². The lowest BCUT2D eigenvalue weighted by Crippen LogP contribution is -2.38. The Labute approximate surface area is 63.6 Å². The smallest absolute Gasteiger partial charge is 0.305 e. The van der Waals surface area contributed by atoms with E-state index in [1.165, 1.54) is 0 Å². The van der Waals surface area contributed by atoms with Crippen LogP contribution < -0.4 is 11.1 Å². The van der Waals surface area contributed by atoms with Crippen LogP contribution in [0.4, 0.5) is 0 Å². The number of carbonyl (C=O) groups is 2. The molecule has 0 bridgehead atoms. The lowest BCUT2D eigenvalue weighted by Gasteiger charge is -2.10. The van der Waals surface area contributed by atoms with Crippen LogP contribution in [0, 0.1) is 0 Å². The Morgan fingerprint density at radius 3 is 2.82 bits per heavy atom. The zero-order chi connectivity index (χ0) is 8.43. The summed E-state index contributed by atoms with van der Waals surface area (Å²) in [5.74, 6) is -1.10. The standard InChI is InChI=1S/C6H10N2O3/c7-3-1-5(9)8-4(3)2-6(10)11/h3-4H,1-2,7H2,(H,8,9)(H,10,11). The molecule has 1 aliphatic heterocycles. The average molecular weight is 158 g/mol. The number of carboxylic acid groups (broad SMARTS) is 1. The van der Waals surface area contributed by atoms with Gasteiger partial charge in [0.2, 0.25) is 5.91 Å². The van der Waals surface area contributed by atoms with Crippen LogP contribution in [-0.4, -0.2) is 29.1 Å². The molecule has 0 aromatic rings. The van der Waals surface area contributed by atoms with Gasteiger partial charge in [-0.2, -0.15) is 0 Å². The maximum atomic E-state index is 10.7. The van der Waals surface area contributed by atoms with Crippen molar-refractivity contribution in [2.24, 2.45) is 5.73 Å². The average Bonchev–Trinajstić information content (AvgIpc) is 2.09. The van der Waals surface area contributed by atoms with Crippen LogP contribution in [0.25, 0.3) is 0 Å². The molecular formula is C6H10N2O3. The fourth-order valence-electron chi connectivity index (χ4n) is 1.12. The van der Waals surface area contributed by atoms with Gasteiger partial charge in [-0.1, -0.05) is 0 Å². The Hall–Kier alpha value is -1.10. The number of hydrogen-bond acceptors (Lipinski definition) is 3. The van der Waals surface area contributed by atoms with Gasteiger partial charge in [0, 0.05) is 12.5 Å². The highest BCUT2D eigenvalue weighted by atomic mass is 16.4. The molecule has 0 aliphatic carbocycles. The summed E-state index contributed by atoms with van der Waals surface area (Å²) in [6.07, 6.45) is 0.144. The summed E-state index contributed by atoms with van der Waals surface area (Å²) in [5.41, 5.74) is 5.47. The van der Waals surface area contributed by atoms with E-state index < -0.39 is 5.97 Å². The van der Waals surface area contributed by atoms with Crippen molar-refractivity contribution in [1.29, 1.82) is 0 Å². The minimum absolute atomic E-state index is 0.0904. The van der Waals surface area contributed by atoms with Gasteiger partial charge in [0.05, 0.1) is 12.5 Å². The number of nitrogens with two attached hydrogens (primary N) is 1. The maximum absolute atomic E-state index is 10.7. The van der Waals surface area contributed by atoms with Crippen molar-refractivity contribution in [1.82, 2.24) is 5.32 Å². The first kappa shape index (κ1) is 8.00. The fourth-order valence-corrected chi connectivity index (χ4v) is 1.12. The lowest BCUT2D eigenvalue weighted by molar-refractivity contribution is -0.137. The van der Waals surface area contributed by atoms with Crippen molar-refractivity contribution < 1.29 is 14.7 Å². The number of carbonyl (C=O) groups excluding carboxylic acids is 1. The summed E-state index contributed by atoms with van der Waals surface area (Å²) in [7, 11) is 0. The van der Waals surface area contributed by atoms with Crippen molar-refractivity contribution in [3.63, 3.8) is 0 Å². The van der Waals surface area contributed by atoms with E-state index in [1.807, 2.05) is 0 Å². The number of amides is 1. The minimum Gasteiger partial charge on any atom is -0.481 e. The fraction of sp³-hybridized carbons (Fsp3) is 0.667. The van der Waals surface area contributed by atoms with Gasteiger partial charge in [-0.25, -0.2) is 0 Å². The molecule has 1 rings (SSSR count). The molecular weight excluding hydrogens is 148 g/mol. The van der Waals surface area contributed by atoms with Gasteiger partial charge in [0.25, 0.3) is 0 Å². The van der Waals surface area contributed by atoms with Crippen LogP contribution in [-0.2, 0) is 9.59 Å². The summed E-state index contributed by atoms with van der Waals surface area (Å²) in [6, 6.07) is -0.737. The molecule has 1 saturated heterocycles. The summed E-state index contributed by atoms with van der Waals surface area (Å²) in [4.78, 5) is 20.9. The molecule has 2 unspecified atom stereocenters. The third kappa shape index (κ3) is 1.91. The molecule has 0 saturated carbocycles. The van der Waals surface area contributed by atoms with E-state index in [0.29, 0.717) is 0 Å². The van der Waals surface area contributed by atoms with Gasteiger partial charge in [0.15, 0.2) is 0 Å². The second-order valence-corrected chi connectivity index (χ2v) is 2.64. The van der Waals surface area contributed by atoms with Crippen molar-refractivity contribution >= 4 is 11.9 Å². The zero-order valence-electron chi connectivity index (χ0n) is 5.91. The molecule has 1 heterocycles. The number of nitrogens with one attached hydrogen (secondary N) is 1. The summed E-state index contributed by atoms with van der Waals surface area (Å²) in [6.45, 7) is 0. The highest BCUT2D eigenvalue weighted by molar-refractivity contribution is 5.81. The van der Waals surface area contributed by atoms with Gasteiger partial charge < -0.3 is 16.2 Å². The Kier molecular flexibility index (Phi) is 2.09. The Balaban J connectivity index is 2.46. The molecule has 0 aromatic carbocycles. The predicted molar refractivity (Wildman–Crippen MR) is 36.8 cm³/mol. The SMILES string of the molecule is NC1CC(=O)NC1CC(=O)O. The Morgan fingerprint density at radius 2 is 2.45 bits per heavy atom. The maximum Gasteiger partial charge on any atom is 0.305 e. The van der Waals surface area contributed by atoms with Crippen LogP contribution in [0.1, 0.15) is 12.8 Å². The second-order valence-electron chi connectivity index (χ2n) is 2.64. The lowest BCUT2D eigenvalue weighted by atomic mass is 10.1. The predicted octanol–water partition coefficient (Wildman–Crippen LogP) is -1.32. The summed E-state index contributed by atoms with van der Waals surface area (Å²) in [5, 5.41) is 10.9. The monoisotopic (exact) mass is 158 g/mol.